The fourth-order valence-electron chi connectivity index (χ4n) is 2.05. The molecule has 5 nitrogen and oxygen atoms in total. The Morgan fingerprint density at radius 1 is 1.25 bits per heavy atom. The maximum absolute atomic E-state index is 12.2. The molecule has 0 saturated heterocycles. The average Bonchev–Trinajstić information content (AvgIpc) is 2.77. The summed E-state index contributed by atoms with van der Waals surface area (Å²) < 4.78 is 5.22. The number of hydrogen-bond acceptors (Lipinski definition) is 4. The summed E-state index contributed by atoms with van der Waals surface area (Å²) in [6.45, 7) is 2.51. The predicted molar refractivity (Wildman–Crippen MR) is 75.4 cm³/mol. The van der Waals surface area contributed by atoms with Gasteiger partial charge in [0.25, 0.3) is 0 Å². The molecule has 0 aliphatic rings. The summed E-state index contributed by atoms with van der Waals surface area (Å²) in [4.78, 5) is 25.0. The Morgan fingerprint density at radius 2 is 1.95 bits per heavy atom. The van der Waals surface area contributed by atoms with Gasteiger partial charge in [0.15, 0.2) is 5.78 Å². The molecular formula is C15H17NO4. The molecule has 2 aromatic rings. The van der Waals surface area contributed by atoms with Crippen LogP contribution >= 0.6 is 0 Å². The van der Waals surface area contributed by atoms with Gasteiger partial charge in [-0.25, -0.2) is 4.79 Å². The molecule has 0 aliphatic heterocycles. The van der Waals surface area contributed by atoms with E-state index in [1.165, 1.54) is 6.07 Å². The van der Waals surface area contributed by atoms with Crippen molar-refractivity contribution in [2.24, 2.45) is 0 Å². The number of Topliss-reactive ketones (excluding diaryl/α,β-unsaturated/α-hetero) is 1. The number of carboxylic acid groups (broad SMARTS) is 1. The summed E-state index contributed by atoms with van der Waals surface area (Å²) in [5.74, 6) is -1.17. The Hall–Kier alpha value is -2.14. The number of carboxylic acids is 1. The van der Waals surface area contributed by atoms with Gasteiger partial charge in [0, 0.05) is 23.9 Å². The minimum Gasteiger partial charge on any atom is -0.475 e. The first-order valence-corrected chi connectivity index (χ1v) is 6.34. The van der Waals surface area contributed by atoms with Crippen molar-refractivity contribution in [1.29, 1.82) is 0 Å². The summed E-state index contributed by atoms with van der Waals surface area (Å²) in [6, 6.07) is 4.86. The van der Waals surface area contributed by atoms with Gasteiger partial charge in [-0.15, -0.1) is 0 Å². The second-order valence-corrected chi connectivity index (χ2v) is 5.10. The third-order valence-electron chi connectivity index (χ3n) is 3.16. The van der Waals surface area contributed by atoms with E-state index >= 15 is 0 Å². The summed E-state index contributed by atoms with van der Waals surface area (Å²) in [6.07, 6.45) is 0.434. The summed E-state index contributed by atoms with van der Waals surface area (Å²) in [5.41, 5.74) is 1.91. The highest BCUT2D eigenvalue weighted by molar-refractivity contribution is 6.01. The van der Waals surface area contributed by atoms with Crippen LogP contribution < -0.4 is 0 Å². The van der Waals surface area contributed by atoms with Gasteiger partial charge in [-0.3, -0.25) is 4.79 Å². The molecule has 0 fully saturated rings. The third kappa shape index (κ3) is 2.88. The molecular weight excluding hydrogens is 258 g/mol. The van der Waals surface area contributed by atoms with Crippen molar-refractivity contribution in [3.63, 3.8) is 0 Å². The standard InChI is InChI=1S/C15H17NO4/c1-9-6-13-10(8-14(20-13)15(18)19)7-11(9)12(17)4-5-16(2)3/h6-8H,4-5H2,1-3H3,(H,18,19). The van der Waals surface area contributed by atoms with Crippen molar-refractivity contribution >= 4 is 22.7 Å². The molecule has 0 atom stereocenters. The number of rotatable bonds is 5. The number of furan rings is 1. The minimum atomic E-state index is -1.11. The molecule has 0 amide bonds. The number of benzene rings is 1. The minimum absolute atomic E-state index is 0.0520. The van der Waals surface area contributed by atoms with Crippen LogP contribution in [0.4, 0.5) is 0 Å². The van der Waals surface area contributed by atoms with Crippen molar-refractivity contribution in [1.82, 2.24) is 4.90 Å². The molecule has 0 aliphatic carbocycles. The van der Waals surface area contributed by atoms with E-state index in [1.807, 2.05) is 25.9 Å². The van der Waals surface area contributed by atoms with E-state index in [4.69, 9.17) is 9.52 Å². The van der Waals surface area contributed by atoms with Gasteiger partial charge in [0.1, 0.15) is 5.58 Å². The van der Waals surface area contributed by atoms with Gasteiger partial charge in [-0.05, 0) is 44.8 Å². The molecule has 2 rings (SSSR count). The molecule has 0 radical (unpaired) electrons. The Kier molecular flexibility index (Phi) is 3.90. The van der Waals surface area contributed by atoms with Gasteiger partial charge in [0.05, 0.1) is 0 Å². The van der Waals surface area contributed by atoms with Crippen molar-refractivity contribution in [2.75, 3.05) is 20.6 Å². The number of aromatic carboxylic acids is 1. The SMILES string of the molecule is Cc1cc2oc(C(=O)O)cc2cc1C(=O)CCN(C)C. The van der Waals surface area contributed by atoms with Crippen LogP contribution in [0.25, 0.3) is 11.0 Å². The number of aryl methyl sites for hydroxylation is 1. The second kappa shape index (κ2) is 5.46. The zero-order chi connectivity index (χ0) is 14.9. The van der Waals surface area contributed by atoms with Crippen molar-refractivity contribution < 1.29 is 19.1 Å². The quantitative estimate of drug-likeness (QED) is 0.849. The molecule has 0 spiro atoms. The zero-order valence-electron chi connectivity index (χ0n) is 11.8. The molecule has 1 heterocycles. The zero-order valence-corrected chi connectivity index (χ0v) is 11.8. The van der Waals surface area contributed by atoms with Crippen molar-refractivity contribution in [3.8, 4) is 0 Å². The summed E-state index contributed by atoms with van der Waals surface area (Å²) in [7, 11) is 3.83. The molecule has 1 aromatic heterocycles. The topological polar surface area (TPSA) is 70.7 Å². The smallest absolute Gasteiger partial charge is 0.371 e. The molecule has 20 heavy (non-hydrogen) atoms. The van der Waals surface area contributed by atoms with Crippen molar-refractivity contribution in [2.45, 2.75) is 13.3 Å². The van der Waals surface area contributed by atoms with E-state index in [-0.39, 0.29) is 11.5 Å². The van der Waals surface area contributed by atoms with E-state index in [2.05, 4.69) is 0 Å². The van der Waals surface area contributed by atoms with Gasteiger partial charge >= 0.3 is 5.97 Å². The number of carbonyl (C=O) groups is 2. The van der Waals surface area contributed by atoms with Crippen LogP contribution in [-0.2, 0) is 0 Å². The lowest BCUT2D eigenvalue weighted by Crippen LogP contribution is -2.17. The Labute approximate surface area is 116 Å². The van der Waals surface area contributed by atoms with Crippen LogP contribution in [0.3, 0.4) is 0 Å². The summed E-state index contributed by atoms with van der Waals surface area (Å²) in [5, 5.41) is 9.55. The molecule has 0 unspecified atom stereocenters. The monoisotopic (exact) mass is 275 g/mol. The van der Waals surface area contributed by atoms with E-state index in [0.29, 0.717) is 29.5 Å². The van der Waals surface area contributed by atoms with E-state index in [9.17, 15) is 9.59 Å². The maximum Gasteiger partial charge on any atom is 0.371 e. The number of fused-ring (bicyclic) bond motifs is 1. The van der Waals surface area contributed by atoms with Crippen LogP contribution in [0.5, 0.6) is 0 Å². The van der Waals surface area contributed by atoms with Gasteiger partial charge in [-0.2, -0.15) is 0 Å². The lowest BCUT2D eigenvalue weighted by Gasteiger charge is -2.09. The van der Waals surface area contributed by atoms with Crippen LogP contribution in [-0.4, -0.2) is 42.4 Å². The first kappa shape index (κ1) is 14.3. The molecule has 1 N–H and O–H groups in total. The van der Waals surface area contributed by atoms with Crippen LogP contribution in [0.2, 0.25) is 0 Å². The van der Waals surface area contributed by atoms with Gasteiger partial charge < -0.3 is 14.4 Å². The number of hydrogen-bond donors (Lipinski definition) is 1. The predicted octanol–water partition coefficient (Wildman–Crippen LogP) is 2.57. The second-order valence-electron chi connectivity index (χ2n) is 5.10. The first-order chi connectivity index (χ1) is 9.38. The highest BCUT2D eigenvalue weighted by Crippen LogP contribution is 2.24. The van der Waals surface area contributed by atoms with Crippen LogP contribution in [0.15, 0.2) is 22.6 Å². The van der Waals surface area contributed by atoms with E-state index in [0.717, 1.165) is 5.56 Å². The van der Waals surface area contributed by atoms with Crippen molar-refractivity contribution in [3.05, 3.63) is 35.1 Å². The average molecular weight is 275 g/mol. The van der Waals surface area contributed by atoms with Gasteiger partial charge in [0.2, 0.25) is 5.76 Å². The Balaban J connectivity index is 2.36. The van der Waals surface area contributed by atoms with Crippen LogP contribution in [0.1, 0.15) is 32.9 Å². The number of carbonyl (C=O) groups excluding carboxylic acids is 1. The molecule has 0 saturated carbocycles. The first-order valence-electron chi connectivity index (χ1n) is 6.34. The fraction of sp³-hybridized carbons (Fsp3) is 0.333. The van der Waals surface area contributed by atoms with E-state index < -0.39 is 5.97 Å². The highest BCUT2D eigenvalue weighted by Gasteiger charge is 2.15. The number of ketones is 1. The lowest BCUT2D eigenvalue weighted by atomic mass is 10.0. The number of nitrogens with zero attached hydrogens (tertiary/aromatic N) is 1. The van der Waals surface area contributed by atoms with Crippen LogP contribution in [0, 0.1) is 6.92 Å². The molecule has 0 bridgehead atoms. The Morgan fingerprint density at radius 3 is 2.55 bits per heavy atom. The highest BCUT2D eigenvalue weighted by atomic mass is 16.4. The maximum atomic E-state index is 12.2. The largest absolute Gasteiger partial charge is 0.475 e. The fourth-order valence-corrected chi connectivity index (χ4v) is 2.05. The normalized spacial score (nSPS) is 11.2. The summed E-state index contributed by atoms with van der Waals surface area (Å²) >= 11 is 0. The lowest BCUT2D eigenvalue weighted by molar-refractivity contribution is 0.0664. The third-order valence-corrected chi connectivity index (χ3v) is 3.16. The molecule has 1 aromatic carbocycles. The Bertz CT molecular complexity index is 670. The molecule has 106 valence electrons. The van der Waals surface area contributed by atoms with E-state index in [1.54, 1.807) is 12.1 Å². The van der Waals surface area contributed by atoms with Gasteiger partial charge in [-0.1, -0.05) is 0 Å². The molecule has 5 heteroatoms.